The highest BCUT2D eigenvalue weighted by molar-refractivity contribution is 14.0. The topological polar surface area (TPSA) is 44.0 Å². The molecule has 1 aliphatic rings. The minimum Gasteiger partial charge on any atom is -0.469 e. The number of hydrogen-bond donors (Lipinski definition) is 1. The number of anilines is 1. The zero-order valence-corrected chi connectivity index (χ0v) is 17.8. The average Bonchev–Trinajstić information content (AvgIpc) is 3.32. The molecular weight excluding hydrogens is 447 g/mol. The summed E-state index contributed by atoms with van der Waals surface area (Å²) in [4.78, 5) is 9.59. The first-order valence-electron chi connectivity index (χ1n) is 8.71. The molecule has 3 heterocycles. The summed E-state index contributed by atoms with van der Waals surface area (Å²) in [5, 5.41) is 7.03. The molecule has 0 saturated carbocycles. The lowest BCUT2D eigenvalue weighted by molar-refractivity contribution is 0.372. The summed E-state index contributed by atoms with van der Waals surface area (Å²) in [5.74, 6) is 2.05. The lowest BCUT2D eigenvalue weighted by atomic mass is 10.3. The third-order valence-electron chi connectivity index (χ3n) is 4.12. The first-order valence-corrected chi connectivity index (χ1v) is 9.59. The summed E-state index contributed by atoms with van der Waals surface area (Å²) >= 11 is 1.82. The van der Waals surface area contributed by atoms with Gasteiger partial charge in [-0.1, -0.05) is 6.92 Å². The lowest BCUT2D eigenvalue weighted by Gasteiger charge is -2.37. The normalized spacial score (nSPS) is 15.2. The molecule has 0 bridgehead atoms. The molecule has 0 aromatic carbocycles. The van der Waals surface area contributed by atoms with Crippen molar-refractivity contribution >= 4 is 46.3 Å². The smallest absolute Gasteiger partial charge is 0.194 e. The number of nitrogens with one attached hydrogen (secondary N) is 1. The van der Waals surface area contributed by atoms with E-state index in [4.69, 9.17) is 9.41 Å². The van der Waals surface area contributed by atoms with Gasteiger partial charge in [-0.3, -0.25) is 4.99 Å². The van der Waals surface area contributed by atoms with Crippen molar-refractivity contribution in [3.05, 3.63) is 41.7 Å². The molecule has 0 aliphatic carbocycles. The van der Waals surface area contributed by atoms with Crippen LogP contribution in [0.3, 0.4) is 0 Å². The number of furan rings is 1. The Morgan fingerprint density at radius 2 is 2.08 bits per heavy atom. The second-order valence-corrected chi connectivity index (χ2v) is 6.81. The van der Waals surface area contributed by atoms with Crippen molar-refractivity contribution in [2.75, 3.05) is 44.2 Å². The quantitative estimate of drug-likeness (QED) is 0.394. The summed E-state index contributed by atoms with van der Waals surface area (Å²) in [6.07, 6.45) is 3.68. The fraction of sp³-hybridized carbons (Fsp3) is 0.500. The molecular formula is C18H27IN4OS. The zero-order valence-electron chi connectivity index (χ0n) is 14.7. The molecule has 7 heteroatoms. The largest absolute Gasteiger partial charge is 0.469 e. The Morgan fingerprint density at radius 3 is 2.72 bits per heavy atom. The summed E-state index contributed by atoms with van der Waals surface area (Å²) in [7, 11) is 0. The molecule has 2 aromatic rings. The van der Waals surface area contributed by atoms with Crippen LogP contribution < -0.4 is 10.2 Å². The van der Waals surface area contributed by atoms with Gasteiger partial charge in [-0.2, -0.15) is 0 Å². The Balaban J connectivity index is 0.00000225. The predicted octanol–water partition coefficient (Wildman–Crippen LogP) is 3.68. The molecule has 1 aliphatic heterocycles. The molecule has 0 amide bonds. The molecule has 25 heavy (non-hydrogen) atoms. The Bertz CT molecular complexity index is 607. The van der Waals surface area contributed by atoms with Gasteiger partial charge in [0.1, 0.15) is 5.76 Å². The Kier molecular flexibility index (Phi) is 8.60. The van der Waals surface area contributed by atoms with E-state index in [1.165, 1.54) is 5.00 Å². The Hall–Kier alpha value is -1.22. The number of hydrogen-bond acceptors (Lipinski definition) is 4. The summed E-state index contributed by atoms with van der Waals surface area (Å²) in [6.45, 7) is 7.99. The van der Waals surface area contributed by atoms with E-state index in [0.29, 0.717) is 0 Å². The van der Waals surface area contributed by atoms with E-state index >= 15 is 0 Å². The van der Waals surface area contributed by atoms with Crippen molar-refractivity contribution < 1.29 is 4.42 Å². The third kappa shape index (κ3) is 5.91. The lowest BCUT2D eigenvalue weighted by Crippen LogP contribution is -2.52. The highest BCUT2D eigenvalue weighted by Crippen LogP contribution is 2.22. The van der Waals surface area contributed by atoms with Crippen molar-refractivity contribution in [1.82, 2.24) is 10.2 Å². The van der Waals surface area contributed by atoms with Crippen molar-refractivity contribution in [2.45, 2.75) is 19.8 Å². The number of piperazine rings is 1. The van der Waals surface area contributed by atoms with Crippen LogP contribution in [0.5, 0.6) is 0 Å². The van der Waals surface area contributed by atoms with E-state index in [1.54, 1.807) is 6.26 Å². The van der Waals surface area contributed by atoms with Crippen LogP contribution in [-0.4, -0.2) is 50.1 Å². The molecule has 1 fully saturated rings. The first kappa shape index (κ1) is 20.1. The van der Waals surface area contributed by atoms with Gasteiger partial charge in [0.15, 0.2) is 5.96 Å². The van der Waals surface area contributed by atoms with Crippen molar-refractivity contribution in [1.29, 1.82) is 0 Å². The van der Waals surface area contributed by atoms with Crippen LogP contribution >= 0.6 is 35.3 Å². The molecule has 138 valence electrons. The minimum atomic E-state index is 0. The van der Waals surface area contributed by atoms with E-state index in [0.717, 1.165) is 63.8 Å². The second kappa shape index (κ2) is 10.7. The third-order valence-corrected chi connectivity index (χ3v) is 5.05. The molecule has 0 radical (unpaired) electrons. The Morgan fingerprint density at radius 1 is 1.24 bits per heavy atom. The van der Waals surface area contributed by atoms with Crippen LogP contribution in [0.4, 0.5) is 5.00 Å². The fourth-order valence-electron chi connectivity index (χ4n) is 2.83. The monoisotopic (exact) mass is 474 g/mol. The van der Waals surface area contributed by atoms with Gasteiger partial charge in [0.25, 0.3) is 0 Å². The SMILES string of the molecule is CCCN=C(NCCc1ccco1)N1CCN(c2cccs2)CC1.I. The predicted molar refractivity (Wildman–Crippen MR) is 117 cm³/mol. The molecule has 0 atom stereocenters. The van der Waals surface area contributed by atoms with Crippen molar-refractivity contribution in [2.24, 2.45) is 4.99 Å². The number of rotatable bonds is 6. The van der Waals surface area contributed by atoms with Gasteiger partial charge in [0.05, 0.1) is 11.3 Å². The van der Waals surface area contributed by atoms with E-state index < -0.39 is 0 Å². The number of guanidine groups is 1. The first-order chi connectivity index (χ1) is 11.9. The van der Waals surface area contributed by atoms with Crippen LogP contribution in [0.15, 0.2) is 45.3 Å². The van der Waals surface area contributed by atoms with Gasteiger partial charge in [-0.15, -0.1) is 35.3 Å². The number of halogens is 1. The average molecular weight is 474 g/mol. The summed E-state index contributed by atoms with van der Waals surface area (Å²) in [6, 6.07) is 8.28. The van der Waals surface area contributed by atoms with E-state index in [-0.39, 0.29) is 24.0 Å². The Labute approximate surface area is 171 Å². The number of aliphatic imine (C=N–C) groups is 1. The van der Waals surface area contributed by atoms with Crippen LogP contribution in [0, 0.1) is 0 Å². The van der Waals surface area contributed by atoms with Gasteiger partial charge in [0.2, 0.25) is 0 Å². The summed E-state index contributed by atoms with van der Waals surface area (Å²) in [5.41, 5.74) is 0. The van der Waals surface area contributed by atoms with E-state index in [2.05, 4.69) is 39.6 Å². The van der Waals surface area contributed by atoms with Gasteiger partial charge in [0, 0.05) is 45.7 Å². The number of thiophene rings is 1. The second-order valence-electron chi connectivity index (χ2n) is 5.89. The standard InChI is InChI=1S/C18H26N4OS.HI/c1-2-8-19-18(20-9-7-16-5-3-14-23-16)22-12-10-21(11-13-22)17-6-4-15-24-17;/h3-6,14-15H,2,7-13H2,1H3,(H,19,20);1H. The number of nitrogens with zero attached hydrogens (tertiary/aromatic N) is 3. The van der Waals surface area contributed by atoms with Crippen LogP contribution in [-0.2, 0) is 6.42 Å². The molecule has 5 nitrogen and oxygen atoms in total. The highest BCUT2D eigenvalue weighted by atomic mass is 127. The maximum atomic E-state index is 5.40. The van der Waals surface area contributed by atoms with Crippen molar-refractivity contribution in [3.8, 4) is 0 Å². The van der Waals surface area contributed by atoms with Gasteiger partial charge < -0.3 is 19.5 Å². The highest BCUT2D eigenvalue weighted by Gasteiger charge is 2.20. The molecule has 3 rings (SSSR count). The van der Waals surface area contributed by atoms with Crippen molar-refractivity contribution in [3.63, 3.8) is 0 Å². The molecule has 0 unspecified atom stereocenters. The fourth-order valence-corrected chi connectivity index (χ4v) is 3.61. The van der Waals surface area contributed by atoms with Gasteiger partial charge in [-0.25, -0.2) is 0 Å². The molecule has 1 N–H and O–H groups in total. The maximum absolute atomic E-state index is 5.40. The van der Waals surface area contributed by atoms with Crippen LogP contribution in [0.2, 0.25) is 0 Å². The minimum absolute atomic E-state index is 0. The van der Waals surface area contributed by atoms with Gasteiger partial charge >= 0.3 is 0 Å². The van der Waals surface area contributed by atoms with Crippen LogP contribution in [0.25, 0.3) is 0 Å². The zero-order chi connectivity index (χ0) is 16.6. The van der Waals surface area contributed by atoms with Crippen LogP contribution in [0.1, 0.15) is 19.1 Å². The maximum Gasteiger partial charge on any atom is 0.194 e. The molecule has 0 spiro atoms. The summed E-state index contributed by atoms with van der Waals surface area (Å²) < 4.78 is 5.40. The van der Waals surface area contributed by atoms with Gasteiger partial charge in [-0.05, 0) is 36.1 Å². The molecule has 1 saturated heterocycles. The van der Waals surface area contributed by atoms with E-state index in [9.17, 15) is 0 Å². The van der Waals surface area contributed by atoms with E-state index in [1.807, 2.05) is 23.5 Å². The molecule has 2 aromatic heterocycles.